The summed E-state index contributed by atoms with van der Waals surface area (Å²) in [7, 11) is 0. The summed E-state index contributed by atoms with van der Waals surface area (Å²) in [6.07, 6.45) is 5.97. The van der Waals surface area contributed by atoms with Gasteiger partial charge in [0.2, 0.25) is 0 Å². The van der Waals surface area contributed by atoms with Gasteiger partial charge in [0.25, 0.3) is 0 Å². The largest absolute Gasteiger partial charge is 0.353 e. The topological polar surface area (TPSA) is 30.5 Å². The lowest BCUT2D eigenvalue weighted by atomic mass is 10.4. The van der Waals surface area contributed by atoms with Gasteiger partial charge >= 0.3 is 0 Å². The highest BCUT2D eigenvalue weighted by Gasteiger charge is 2.06. The lowest BCUT2D eigenvalue weighted by Crippen LogP contribution is -2.26. The van der Waals surface area contributed by atoms with Gasteiger partial charge < -0.3 is 14.8 Å². The van der Waals surface area contributed by atoms with Crippen molar-refractivity contribution >= 4 is 11.8 Å². The van der Waals surface area contributed by atoms with E-state index in [0.29, 0.717) is 13.2 Å². The third-order valence-electron chi connectivity index (χ3n) is 1.87. The molecule has 0 heterocycles. The second-order valence-electron chi connectivity index (χ2n) is 3.14. The van der Waals surface area contributed by atoms with Crippen LogP contribution in [0.5, 0.6) is 0 Å². The quantitative estimate of drug-likeness (QED) is 0.341. The van der Waals surface area contributed by atoms with E-state index >= 15 is 0 Å². The fourth-order valence-corrected chi connectivity index (χ4v) is 1.76. The predicted octanol–water partition coefficient (Wildman–Crippen LogP) is 1.73. The van der Waals surface area contributed by atoms with E-state index in [1.54, 1.807) is 11.8 Å². The summed E-state index contributed by atoms with van der Waals surface area (Å²) >= 11 is 1.77. The molecule has 0 bridgehead atoms. The Balaban J connectivity index is 3.29. The van der Waals surface area contributed by atoms with Crippen molar-refractivity contribution in [3.05, 3.63) is 0 Å². The molecule has 0 aromatic rings. The van der Waals surface area contributed by atoms with Gasteiger partial charge in [-0.25, -0.2) is 0 Å². The van der Waals surface area contributed by atoms with Crippen molar-refractivity contribution in [1.82, 2.24) is 5.32 Å². The molecule has 0 saturated carbocycles. The second kappa shape index (κ2) is 12.9. The van der Waals surface area contributed by atoms with Crippen LogP contribution in [-0.2, 0) is 9.47 Å². The maximum Gasteiger partial charge on any atom is 0.158 e. The third kappa shape index (κ3) is 10.3. The van der Waals surface area contributed by atoms with Crippen LogP contribution in [-0.4, -0.2) is 44.1 Å². The Labute approximate surface area is 104 Å². The van der Waals surface area contributed by atoms with Crippen LogP contribution in [0.2, 0.25) is 0 Å². The van der Waals surface area contributed by atoms with Crippen LogP contribution in [0, 0.1) is 12.3 Å². The van der Waals surface area contributed by atoms with Crippen LogP contribution in [0.15, 0.2) is 0 Å². The van der Waals surface area contributed by atoms with E-state index < -0.39 is 0 Å². The molecule has 0 amide bonds. The lowest BCUT2D eigenvalue weighted by molar-refractivity contribution is -0.138. The minimum Gasteiger partial charge on any atom is -0.353 e. The second-order valence-corrected chi connectivity index (χ2v) is 4.24. The summed E-state index contributed by atoms with van der Waals surface area (Å²) in [5, 5.41) is 3.34. The smallest absolute Gasteiger partial charge is 0.158 e. The van der Waals surface area contributed by atoms with Gasteiger partial charge in [0, 0.05) is 31.9 Å². The number of hydrogen-bond donors (Lipinski definition) is 1. The van der Waals surface area contributed by atoms with E-state index in [0.717, 1.165) is 31.0 Å². The molecule has 16 heavy (non-hydrogen) atoms. The Morgan fingerprint density at radius 3 is 2.50 bits per heavy atom. The zero-order valence-corrected chi connectivity index (χ0v) is 11.1. The zero-order valence-electron chi connectivity index (χ0n) is 10.3. The molecule has 0 aliphatic heterocycles. The van der Waals surface area contributed by atoms with E-state index in [4.69, 9.17) is 15.9 Å². The lowest BCUT2D eigenvalue weighted by Gasteiger charge is -2.16. The van der Waals surface area contributed by atoms with E-state index in [1.807, 2.05) is 13.8 Å². The van der Waals surface area contributed by atoms with Crippen molar-refractivity contribution in [3.63, 3.8) is 0 Å². The summed E-state index contributed by atoms with van der Waals surface area (Å²) < 4.78 is 10.9. The molecule has 0 saturated heterocycles. The summed E-state index contributed by atoms with van der Waals surface area (Å²) in [4.78, 5) is 0. The fourth-order valence-electron chi connectivity index (χ4n) is 1.21. The number of nitrogens with one attached hydrogen (secondary N) is 1. The zero-order chi connectivity index (χ0) is 12.1. The van der Waals surface area contributed by atoms with E-state index in [2.05, 4.69) is 11.2 Å². The number of terminal acetylenes is 1. The standard InChI is InChI=1S/C12H23NO2S/c1-4-10-16-11-9-13-8-7-12(14-5-2)15-6-3/h1,12-13H,5-11H2,2-3H3. The first-order valence-electron chi connectivity index (χ1n) is 5.80. The maximum absolute atomic E-state index is 5.43. The molecule has 1 N–H and O–H groups in total. The number of hydrogen-bond acceptors (Lipinski definition) is 4. The minimum absolute atomic E-state index is 0.0686. The highest BCUT2D eigenvalue weighted by atomic mass is 32.2. The average Bonchev–Trinajstić information content (AvgIpc) is 2.28. The molecule has 0 rings (SSSR count). The summed E-state index contributed by atoms with van der Waals surface area (Å²) in [6, 6.07) is 0. The summed E-state index contributed by atoms with van der Waals surface area (Å²) in [6.45, 7) is 7.26. The van der Waals surface area contributed by atoms with Crippen molar-refractivity contribution in [2.24, 2.45) is 0 Å². The van der Waals surface area contributed by atoms with Gasteiger partial charge in [-0.3, -0.25) is 0 Å². The van der Waals surface area contributed by atoms with Crippen LogP contribution in [0.3, 0.4) is 0 Å². The van der Waals surface area contributed by atoms with Crippen molar-refractivity contribution in [2.75, 3.05) is 37.8 Å². The highest BCUT2D eigenvalue weighted by molar-refractivity contribution is 7.99. The van der Waals surface area contributed by atoms with E-state index in [9.17, 15) is 0 Å². The molecular weight excluding hydrogens is 222 g/mol. The Bertz CT molecular complexity index is 176. The van der Waals surface area contributed by atoms with Crippen LogP contribution in [0.1, 0.15) is 20.3 Å². The molecule has 0 aromatic carbocycles. The van der Waals surface area contributed by atoms with Gasteiger partial charge in [-0.15, -0.1) is 18.2 Å². The van der Waals surface area contributed by atoms with Crippen LogP contribution in [0.25, 0.3) is 0 Å². The van der Waals surface area contributed by atoms with E-state index in [-0.39, 0.29) is 6.29 Å². The van der Waals surface area contributed by atoms with Gasteiger partial charge in [-0.05, 0) is 20.4 Å². The van der Waals surface area contributed by atoms with Crippen molar-refractivity contribution in [1.29, 1.82) is 0 Å². The molecule has 0 radical (unpaired) electrons. The van der Waals surface area contributed by atoms with Crippen LogP contribution in [0.4, 0.5) is 0 Å². The van der Waals surface area contributed by atoms with Crippen molar-refractivity contribution < 1.29 is 9.47 Å². The molecule has 0 unspecified atom stereocenters. The molecule has 4 heteroatoms. The highest BCUT2D eigenvalue weighted by Crippen LogP contribution is 2.00. The first-order valence-corrected chi connectivity index (χ1v) is 6.95. The Morgan fingerprint density at radius 2 is 1.94 bits per heavy atom. The molecule has 94 valence electrons. The number of thioether (sulfide) groups is 1. The fraction of sp³-hybridized carbons (Fsp3) is 0.833. The summed E-state index contributed by atoms with van der Waals surface area (Å²) in [5.41, 5.74) is 0. The summed E-state index contributed by atoms with van der Waals surface area (Å²) in [5.74, 6) is 4.45. The first kappa shape index (κ1) is 15.8. The van der Waals surface area contributed by atoms with Gasteiger partial charge in [0.05, 0.1) is 5.75 Å². The molecule has 0 spiro atoms. The molecular formula is C12H23NO2S. The molecule has 0 atom stereocenters. The molecule has 0 aromatic heterocycles. The average molecular weight is 245 g/mol. The Morgan fingerprint density at radius 1 is 1.25 bits per heavy atom. The monoisotopic (exact) mass is 245 g/mol. The van der Waals surface area contributed by atoms with Crippen LogP contribution < -0.4 is 5.32 Å². The van der Waals surface area contributed by atoms with Crippen LogP contribution >= 0.6 is 11.8 Å². The maximum atomic E-state index is 5.43. The molecule has 0 aliphatic carbocycles. The Kier molecular flexibility index (Phi) is 12.7. The normalized spacial score (nSPS) is 10.6. The number of rotatable bonds is 11. The van der Waals surface area contributed by atoms with Gasteiger partial charge in [0.1, 0.15) is 0 Å². The van der Waals surface area contributed by atoms with E-state index in [1.165, 1.54) is 0 Å². The molecule has 3 nitrogen and oxygen atoms in total. The molecule has 0 fully saturated rings. The van der Waals surface area contributed by atoms with Gasteiger partial charge in [0.15, 0.2) is 6.29 Å². The van der Waals surface area contributed by atoms with Crippen molar-refractivity contribution in [2.45, 2.75) is 26.6 Å². The van der Waals surface area contributed by atoms with Gasteiger partial charge in [-0.2, -0.15) is 0 Å². The van der Waals surface area contributed by atoms with Crippen molar-refractivity contribution in [3.8, 4) is 12.3 Å². The van der Waals surface area contributed by atoms with Gasteiger partial charge in [-0.1, -0.05) is 5.92 Å². The number of ether oxygens (including phenoxy) is 2. The molecule has 0 aliphatic rings. The predicted molar refractivity (Wildman–Crippen MR) is 70.7 cm³/mol. The third-order valence-corrected chi connectivity index (χ3v) is 2.73. The SMILES string of the molecule is C#CCSCCNCCC(OCC)OCC. The Hall–Kier alpha value is -0.210. The minimum atomic E-state index is -0.0686. The first-order chi connectivity index (χ1) is 7.85.